The molecular formula is C33H46N4O. The summed E-state index contributed by atoms with van der Waals surface area (Å²) < 4.78 is 5.73. The fourth-order valence-electron chi connectivity index (χ4n) is 7.13. The third kappa shape index (κ3) is 4.29. The van der Waals surface area contributed by atoms with Crippen LogP contribution in [-0.4, -0.2) is 49.4 Å². The van der Waals surface area contributed by atoms with Crippen LogP contribution in [0.3, 0.4) is 0 Å². The van der Waals surface area contributed by atoms with Crippen LogP contribution in [0.2, 0.25) is 0 Å². The normalized spacial score (nSPS) is 27.9. The second-order valence-corrected chi connectivity index (χ2v) is 12.1. The number of ether oxygens (including phenoxy) is 1. The molecule has 0 saturated heterocycles. The molecule has 1 heterocycles. The van der Waals surface area contributed by atoms with Crippen LogP contribution in [0, 0.1) is 16.7 Å². The molecule has 5 heteroatoms. The summed E-state index contributed by atoms with van der Waals surface area (Å²) in [5, 5.41) is 0. The van der Waals surface area contributed by atoms with Crippen LogP contribution in [0.15, 0.2) is 72.4 Å². The Morgan fingerprint density at radius 1 is 1.05 bits per heavy atom. The van der Waals surface area contributed by atoms with Crippen LogP contribution in [0.4, 0.5) is 11.6 Å². The quantitative estimate of drug-likeness (QED) is 0.349. The third-order valence-corrected chi connectivity index (χ3v) is 9.38. The van der Waals surface area contributed by atoms with E-state index in [1.807, 2.05) is 25.3 Å². The number of para-hydroxylation sites is 2. The lowest BCUT2D eigenvalue weighted by molar-refractivity contribution is 0.168. The number of hydrogen-bond acceptors (Lipinski definition) is 5. The molecular weight excluding hydrogens is 468 g/mol. The van der Waals surface area contributed by atoms with E-state index in [0.717, 1.165) is 42.1 Å². The minimum Gasteiger partial charge on any atom is -0.384 e. The van der Waals surface area contributed by atoms with Gasteiger partial charge in [-0.1, -0.05) is 90.6 Å². The lowest BCUT2D eigenvalue weighted by Crippen LogP contribution is -2.42. The molecule has 5 nitrogen and oxygen atoms in total. The molecule has 0 bridgehead atoms. The Labute approximate surface area is 230 Å². The number of anilines is 2. The van der Waals surface area contributed by atoms with Crippen molar-refractivity contribution in [1.82, 2.24) is 9.97 Å². The number of fused-ring (bicyclic) bond motifs is 1. The van der Waals surface area contributed by atoms with Gasteiger partial charge in [0.05, 0.1) is 29.2 Å². The second kappa shape index (κ2) is 10.3. The van der Waals surface area contributed by atoms with Crippen LogP contribution in [0.25, 0.3) is 11.0 Å². The van der Waals surface area contributed by atoms with Crippen molar-refractivity contribution in [3.05, 3.63) is 72.4 Å². The maximum atomic E-state index is 5.73. The molecule has 1 aromatic carbocycles. The number of likely N-dealkylation sites (N-methyl/N-ethyl adjacent to an activating group) is 1. The highest BCUT2D eigenvalue weighted by Crippen LogP contribution is 2.69. The number of allylic oxidation sites excluding steroid dienone is 4. The predicted molar refractivity (Wildman–Crippen MR) is 162 cm³/mol. The van der Waals surface area contributed by atoms with Gasteiger partial charge in [-0.2, -0.15) is 0 Å². The fraction of sp³-hybridized carbons (Fsp3) is 0.515. The summed E-state index contributed by atoms with van der Waals surface area (Å²) in [5.74, 6) is 2.23. The summed E-state index contributed by atoms with van der Waals surface area (Å²) in [6.45, 7) is 18.7. The van der Waals surface area contributed by atoms with Gasteiger partial charge in [-0.3, -0.25) is 0 Å². The molecule has 2 aliphatic rings. The van der Waals surface area contributed by atoms with Crippen LogP contribution in [-0.2, 0) is 4.74 Å². The number of aromatic nitrogens is 2. The van der Waals surface area contributed by atoms with E-state index in [9.17, 15) is 0 Å². The zero-order chi connectivity index (χ0) is 27.9. The van der Waals surface area contributed by atoms with E-state index in [1.54, 1.807) is 0 Å². The van der Waals surface area contributed by atoms with E-state index < -0.39 is 0 Å². The number of methoxy groups -OCH3 is 1. The first kappa shape index (κ1) is 28.1. The molecule has 1 saturated carbocycles. The average Bonchev–Trinajstić information content (AvgIpc) is 3.44. The summed E-state index contributed by atoms with van der Waals surface area (Å²) >= 11 is 0. The van der Waals surface area contributed by atoms with Crippen molar-refractivity contribution in [1.29, 1.82) is 0 Å². The zero-order valence-electron chi connectivity index (χ0n) is 24.9. The summed E-state index contributed by atoms with van der Waals surface area (Å²) in [5.41, 5.74) is 4.35. The van der Waals surface area contributed by atoms with Gasteiger partial charge < -0.3 is 14.5 Å². The fourth-order valence-corrected chi connectivity index (χ4v) is 7.13. The van der Waals surface area contributed by atoms with Crippen molar-refractivity contribution >= 4 is 22.7 Å². The summed E-state index contributed by atoms with van der Waals surface area (Å²) in [6, 6.07) is 8.20. The average molecular weight is 515 g/mol. The van der Waals surface area contributed by atoms with Gasteiger partial charge in [-0.15, -0.1) is 0 Å². The van der Waals surface area contributed by atoms with Gasteiger partial charge in [0.1, 0.15) is 0 Å². The van der Waals surface area contributed by atoms with Crippen LogP contribution >= 0.6 is 0 Å². The van der Waals surface area contributed by atoms with Gasteiger partial charge in [0.25, 0.3) is 0 Å². The Balaban J connectivity index is 1.90. The smallest absolute Gasteiger partial charge is 0.173 e. The molecule has 1 fully saturated rings. The molecule has 0 N–H and O–H groups in total. The molecule has 0 aliphatic heterocycles. The first-order chi connectivity index (χ1) is 18.0. The Kier molecular flexibility index (Phi) is 7.64. The van der Waals surface area contributed by atoms with Crippen LogP contribution < -0.4 is 9.80 Å². The van der Waals surface area contributed by atoms with Gasteiger partial charge in [0.15, 0.2) is 11.6 Å². The van der Waals surface area contributed by atoms with Gasteiger partial charge in [-0.25, -0.2) is 9.97 Å². The van der Waals surface area contributed by atoms with Crippen molar-refractivity contribution in [2.75, 3.05) is 37.6 Å². The van der Waals surface area contributed by atoms with E-state index >= 15 is 0 Å². The van der Waals surface area contributed by atoms with Crippen LogP contribution in [0.5, 0.6) is 0 Å². The van der Waals surface area contributed by atoms with Crippen LogP contribution in [0.1, 0.15) is 54.4 Å². The highest BCUT2D eigenvalue weighted by atomic mass is 16.5. The number of benzene rings is 1. The van der Waals surface area contributed by atoms with Crippen molar-refractivity contribution in [2.24, 2.45) is 16.7 Å². The zero-order valence-corrected chi connectivity index (χ0v) is 24.9. The van der Waals surface area contributed by atoms with E-state index in [1.165, 1.54) is 11.1 Å². The first-order valence-electron chi connectivity index (χ1n) is 14.0. The largest absolute Gasteiger partial charge is 0.384 e. The minimum absolute atomic E-state index is 0.0129. The number of nitrogens with zero attached hydrogens (tertiary/aromatic N) is 4. The molecule has 38 heavy (non-hydrogen) atoms. The van der Waals surface area contributed by atoms with Gasteiger partial charge in [0.2, 0.25) is 0 Å². The van der Waals surface area contributed by atoms with E-state index in [0.29, 0.717) is 5.92 Å². The lowest BCUT2D eigenvalue weighted by atomic mass is 9.80. The molecule has 204 valence electrons. The van der Waals surface area contributed by atoms with Crippen molar-refractivity contribution < 1.29 is 4.74 Å². The van der Waals surface area contributed by atoms with Gasteiger partial charge >= 0.3 is 0 Å². The molecule has 0 radical (unpaired) electrons. The summed E-state index contributed by atoms with van der Waals surface area (Å²) in [4.78, 5) is 15.3. The van der Waals surface area contributed by atoms with Crippen molar-refractivity contribution in [3.8, 4) is 0 Å². The molecule has 0 spiro atoms. The molecule has 1 aromatic heterocycles. The van der Waals surface area contributed by atoms with Gasteiger partial charge in [0, 0.05) is 27.1 Å². The van der Waals surface area contributed by atoms with E-state index in [4.69, 9.17) is 14.7 Å². The van der Waals surface area contributed by atoms with E-state index in [-0.39, 0.29) is 22.4 Å². The highest BCUT2D eigenvalue weighted by molar-refractivity contribution is 5.82. The maximum absolute atomic E-state index is 5.73. The monoisotopic (exact) mass is 514 g/mol. The molecule has 4 atom stereocenters. The molecule has 4 unspecified atom stereocenters. The predicted octanol–water partition coefficient (Wildman–Crippen LogP) is 7.37. The van der Waals surface area contributed by atoms with Gasteiger partial charge in [-0.05, 0) is 47.0 Å². The Hall–Kier alpha value is -2.92. The number of hydrogen-bond donors (Lipinski definition) is 0. The lowest BCUT2D eigenvalue weighted by Gasteiger charge is -2.38. The minimum atomic E-state index is -0.0524. The first-order valence-corrected chi connectivity index (χ1v) is 14.0. The Morgan fingerprint density at radius 3 is 2.21 bits per heavy atom. The SMILES string of the molecule is C=C/C(=C1/C=CC=CC1N(C)c1nc2ccccc2nc1N(C)C1(CC)C(COC)C1(C)CC)C(C)(C)C. The maximum Gasteiger partial charge on any atom is 0.173 e. The Morgan fingerprint density at radius 2 is 1.68 bits per heavy atom. The second-order valence-electron chi connectivity index (χ2n) is 12.1. The summed E-state index contributed by atoms with van der Waals surface area (Å²) in [6.07, 6.45) is 12.8. The molecule has 4 rings (SSSR count). The Bertz CT molecular complexity index is 1290. The van der Waals surface area contributed by atoms with Crippen molar-refractivity contribution in [3.63, 3.8) is 0 Å². The van der Waals surface area contributed by atoms with E-state index in [2.05, 4.69) is 108 Å². The number of rotatable bonds is 9. The topological polar surface area (TPSA) is 41.5 Å². The standard InChI is InChI=1S/C33H46N4O/c1-11-24(31(4,5)6)23-18-14-17-21-27(23)36(8)29-30(35-26-20-16-15-19-25(26)34-29)37(9)33(13-3)28(22-38-10)32(33,7)12-2/h11,14-21,27-28H,1,12-13,22H2,2-10H3/b24-23+. The summed E-state index contributed by atoms with van der Waals surface area (Å²) in [7, 11) is 6.17. The molecule has 2 aliphatic carbocycles. The molecule has 0 amide bonds. The molecule has 2 aromatic rings. The van der Waals surface area contributed by atoms with Crippen molar-refractivity contribution in [2.45, 2.75) is 66.0 Å². The highest BCUT2D eigenvalue weighted by Gasteiger charge is 2.73. The third-order valence-electron chi connectivity index (χ3n) is 9.38.